The van der Waals surface area contributed by atoms with Crippen molar-refractivity contribution in [3.05, 3.63) is 41.7 Å². The standard InChI is InChI=1S/C14H10F3NO3/c1-2-21-13(20)11-9-6-4-3-5-8(9)7-10(18-11)12(19)14(15,16)17/h3-7H,2H2,1H3. The van der Waals surface area contributed by atoms with Crippen LogP contribution in [0, 0.1) is 0 Å². The zero-order valence-electron chi connectivity index (χ0n) is 10.9. The van der Waals surface area contributed by atoms with E-state index in [0.29, 0.717) is 10.8 Å². The van der Waals surface area contributed by atoms with E-state index in [1.54, 1.807) is 19.1 Å². The van der Waals surface area contributed by atoms with Crippen molar-refractivity contribution >= 4 is 22.5 Å². The maximum atomic E-state index is 12.5. The van der Waals surface area contributed by atoms with Crippen LogP contribution in [0.4, 0.5) is 13.2 Å². The van der Waals surface area contributed by atoms with E-state index in [-0.39, 0.29) is 12.3 Å². The molecule has 0 aliphatic rings. The lowest BCUT2D eigenvalue weighted by molar-refractivity contribution is -0.0888. The van der Waals surface area contributed by atoms with Gasteiger partial charge in [-0.15, -0.1) is 0 Å². The Labute approximate surface area is 117 Å². The first-order valence-corrected chi connectivity index (χ1v) is 6.03. The number of fused-ring (bicyclic) bond motifs is 1. The number of halogens is 3. The van der Waals surface area contributed by atoms with Gasteiger partial charge in [-0.25, -0.2) is 9.78 Å². The number of ketones is 1. The largest absolute Gasteiger partial charge is 0.461 e. The average Bonchev–Trinajstić information content (AvgIpc) is 2.44. The van der Waals surface area contributed by atoms with Crippen LogP contribution in [0.1, 0.15) is 27.9 Å². The van der Waals surface area contributed by atoms with Crippen molar-refractivity contribution < 1.29 is 27.5 Å². The SMILES string of the molecule is CCOC(=O)c1nc(C(=O)C(F)(F)F)cc2ccccc12. The van der Waals surface area contributed by atoms with E-state index in [1.165, 1.54) is 12.1 Å². The number of pyridine rings is 1. The third kappa shape index (κ3) is 3.01. The maximum Gasteiger partial charge on any atom is 0.456 e. The van der Waals surface area contributed by atoms with E-state index in [0.717, 1.165) is 6.07 Å². The Morgan fingerprint density at radius 1 is 1.24 bits per heavy atom. The molecule has 0 fully saturated rings. The first kappa shape index (κ1) is 15.0. The van der Waals surface area contributed by atoms with Crippen molar-refractivity contribution in [2.75, 3.05) is 6.61 Å². The Bertz CT molecular complexity index is 710. The zero-order valence-corrected chi connectivity index (χ0v) is 10.9. The van der Waals surface area contributed by atoms with Gasteiger partial charge in [-0.1, -0.05) is 24.3 Å². The molecule has 0 spiro atoms. The van der Waals surface area contributed by atoms with Gasteiger partial charge in [-0.3, -0.25) is 4.79 Å². The molecule has 0 bridgehead atoms. The van der Waals surface area contributed by atoms with Gasteiger partial charge in [0.1, 0.15) is 5.69 Å². The number of ether oxygens (including phenoxy) is 1. The van der Waals surface area contributed by atoms with Crippen LogP contribution >= 0.6 is 0 Å². The number of Topliss-reactive ketones (excluding diaryl/α,β-unsaturated/α-hetero) is 1. The van der Waals surface area contributed by atoms with Gasteiger partial charge in [0.15, 0.2) is 5.69 Å². The molecule has 0 atom stereocenters. The molecule has 2 rings (SSSR count). The van der Waals surface area contributed by atoms with Crippen LogP contribution in [0.25, 0.3) is 10.8 Å². The molecule has 110 valence electrons. The van der Waals surface area contributed by atoms with E-state index in [4.69, 9.17) is 4.74 Å². The molecule has 0 saturated carbocycles. The fourth-order valence-electron chi connectivity index (χ4n) is 1.82. The molecule has 1 aromatic heterocycles. The van der Waals surface area contributed by atoms with E-state index >= 15 is 0 Å². The van der Waals surface area contributed by atoms with Gasteiger partial charge < -0.3 is 4.74 Å². The molecule has 0 amide bonds. The van der Waals surface area contributed by atoms with Crippen molar-refractivity contribution in [2.24, 2.45) is 0 Å². The van der Waals surface area contributed by atoms with Crippen LogP contribution in [-0.2, 0) is 4.74 Å². The normalized spacial score (nSPS) is 11.4. The Morgan fingerprint density at radius 3 is 2.52 bits per heavy atom. The minimum Gasteiger partial charge on any atom is -0.461 e. The number of hydrogen-bond acceptors (Lipinski definition) is 4. The summed E-state index contributed by atoms with van der Waals surface area (Å²) in [4.78, 5) is 26.7. The summed E-state index contributed by atoms with van der Waals surface area (Å²) in [5.41, 5.74) is -1.13. The number of carbonyl (C=O) groups excluding carboxylic acids is 2. The van der Waals surface area contributed by atoms with E-state index in [9.17, 15) is 22.8 Å². The topological polar surface area (TPSA) is 56.3 Å². The van der Waals surface area contributed by atoms with Crippen molar-refractivity contribution in [1.82, 2.24) is 4.98 Å². The number of nitrogens with zero attached hydrogens (tertiary/aromatic N) is 1. The monoisotopic (exact) mass is 297 g/mol. The van der Waals surface area contributed by atoms with Crippen molar-refractivity contribution in [3.8, 4) is 0 Å². The molecule has 4 nitrogen and oxygen atoms in total. The maximum absolute atomic E-state index is 12.5. The molecule has 0 unspecified atom stereocenters. The molecule has 0 radical (unpaired) electrons. The average molecular weight is 297 g/mol. The molecule has 0 aliphatic heterocycles. The van der Waals surface area contributed by atoms with Gasteiger partial charge in [0.2, 0.25) is 0 Å². The number of rotatable bonds is 3. The summed E-state index contributed by atoms with van der Waals surface area (Å²) < 4.78 is 42.3. The summed E-state index contributed by atoms with van der Waals surface area (Å²) in [5.74, 6) is -2.97. The highest BCUT2D eigenvalue weighted by Gasteiger charge is 2.40. The number of carbonyl (C=O) groups is 2. The molecule has 0 aliphatic carbocycles. The Hall–Kier alpha value is -2.44. The smallest absolute Gasteiger partial charge is 0.456 e. The second kappa shape index (κ2) is 5.51. The third-order valence-electron chi connectivity index (χ3n) is 2.70. The van der Waals surface area contributed by atoms with Crippen LogP contribution < -0.4 is 0 Å². The first-order chi connectivity index (χ1) is 9.84. The van der Waals surface area contributed by atoms with Gasteiger partial charge in [0.25, 0.3) is 5.78 Å². The summed E-state index contributed by atoms with van der Waals surface area (Å²) in [7, 11) is 0. The van der Waals surface area contributed by atoms with Gasteiger partial charge >= 0.3 is 12.1 Å². The van der Waals surface area contributed by atoms with Crippen LogP contribution in [-0.4, -0.2) is 29.5 Å². The molecule has 21 heavy (non-hydrogen) atoms. The molecule has 1 aromatic carbocycles. The lowest BCUT2D eigenvalue weighted by Gasteiger charge is -2.09. The van der Waals surface area contributed by atoms with Gasteiger partial charge in [-0.05, 0) is 18.4 Å². The molecule has 7 heteroatoms. The van der Waals surface area contributed by atoms with Crippen molar-refractivity contribution in [3.63, 3.8) is 0 Å². The summed E-state index contributed by atoms with van der Waals surface area (Å²) in [6.07, 6.45) is -5.05. The van der Waals surface area contributed by atoms with Gasteiger partial charge in [0.05, 0.1) is 6.61 Å². The molecule has 0 saturated heterocycles. The highest BCUT2D eigenvalue weighted by molar-refractivity contribution is 6.07. The van der Waals surface area contributed by atoms with Gasteiger partial charge in [0, 0.05) is 5.39 Å². The first-order valence-electron chi connectivity index (χ1n) is 6.03. The van der Waals surface area contributed by atoms with Crippen LogP contribution in [0.3, 0.4) is 0 Å². The van der Waals surface area contributed by atoms with E-state index in [1.807, 2.05) is 0 Å². The Kier molecular flexibility index (Phi) is 3.93. The molecule has 2 aromatic rings. The molecular weight excluding hydrogens is 287 g/mol. The minimum atomic E-state index is -5.05. The Balaban J connectivity index is 2.65. The summed E-state index contributed by atoms with van der Waals surface area (Å²) >= 11 is 0. The highest BCUT2D eigenvalue weighted by Crippen LogP contribution is 2.25. The summed E-state index contributed by atoms with van der Waals surface area (Å²) in [6.45, 7) is 1.61. The minimum absolute atomic E-state index is 0.0479. The zero-order chi connectivity index (χ0) is 15.6. The van der Waals surface area contributed by atoms with E-state index in [2.05, 4.69) is 4.98 Å². The second-order valence-electron chi connectivity index (χ2n) is 4.12. The van der Waals surface area contributed by atoms with Crippen LogP contribution in [0.15, 0.2) is 30.3 Å². The molecular formula is C14H10F3NO3. The van der Waals surface area contributed by atoms with Crippen molar-refractivity contribution in [2.45, 2.75) is 13.1 Å². The number of alkyl halides is 3. The Morgan fingerprint density at radius 2 is 1.90 bits per heavy atom. The van der Waals surface area contributed by atoms with Crippen molar-refractivity contribution in [1.29, 1.82) is 0 Å². The number of hydrogen-bond donors (Lipinski definition) is 0. The second-order valence-corrected chi connectivity index (χ2v) is 4.12. The predicted octanol–water partition coefficient (Wildman–Crippen LogP) is 3.16. The lowest BCUT2D eigenvalue weighted by Crippen LogP contribution is -2.24. The number of esters is 1. The molecule has 1 heterocycles. The van der Waals surface area contributed by atoms with Crippen LogP contribution in [0.5, 0.6) is 0 Å². The lowest BCUT2D eigenvalue weighted by atomic mass is 10.1. The number of benzene rings is 1. The van der Waals surface area contributed by atoms with E-state index < -0.39 is 23.6 Å². The summed E-state index contributed by atoms with van der Waals surface area (Å²) in [6, 6.07) is 7.22. The molecule has 0 N–H and O–H groups in total. The highest BCUT2D eigenvalue weighted by atomic mass is 19.4. The predicted molar refractivity (Wildman–Crippen MR) is 68.1 cm³/mol. The number of aromatic nitrogens is 1. The quantitative estimate of drug-likeness (QED) is 0.645. The summed E-state index contributed by atoms with van der Waals surface area (Å²) in [5, 5.41) is 0.637. The fraction of sp³-hybridized carbons (Fsp3) is 0.214. The van der Waals surface area contributed by atoms with Gasteiger partial charge in [-0.2, -0.15) is 13.2 Å². The third-order valence-corrected chi connectivity index (χ3v) is 2.70. The van der Waals surface area contributed by atoms with Crippen LogP contribution in [0.2, 0.25) is 0 Å². The fourth-order valence-corrected chi connectivity index (χ4v) is 1.82.